The number of aromatic nitrogens is 2. The number of carbonyl (C=O) groups is 1. The van der Waals surface area contributed by atoms with E-state index in [0.29, 0.717) is 10.9 Å². The number of ether oxygens (including phenoxy) is 1. The number of unbranched alkanes of at least 4 members (excludes halogenated alkanes) is 1. The van der Waals surface area contributed by atoms with Crippen molar-refractivity contribution in [3.05, 3.63) is 33.9 Å². The van der Waals surface area contributed by atoms with Gasteiger partial charge >= 0.3 is 0 Å². The van der Waals surface area contributed by atoms with Gasteiger partial charge in [0, 0.05) is 39.1 Å². The van der Waals surface area contributed by atoms with Crippen LogP contribution in [0.15, 0.2) is 17.2 Å². The fourth-order valence-corrected chi connectivity index (χ4v) is 3.96. The van der Waals surface area contributed by atoms with Crippen molar-refractivity contribution in [2.45, 2.75) is 58.1 Å². The van der Waals surface area contributed by atoms with Gasteiger partial charge in [-0.05, 0) is 38.2 Å². The maximum absolute atomic E-state index is 12.9. The van der Waals surface area contributed by atoms with E-state index in [9.17, 15) is 9.59 Å². The zero-order valence-corrected chi connectivity index (χ0v) is 16.2. The molecule has 1 unspecified atom stereocenters. The van der Waals surface area contributed by atoms with E-state index in [2.05, 4.69) is 12.2 Å². The Morgan fingerprint density at radius 2 is 2.04 bits per heavy atom. The number of carbonyl (C=O) groups excluding carboxylic acids is 1. The maximum atomic E-state index is 12.9. The maximum Gasteiger partial charge on any atom is 0.260 e. The molecular formula is C20H29N3O3. The lowest BCUT2D eigenvalue weighted by molar-refractivity contribution is 0.0546. The molecule has 1 fully saturated rings. The highest BCUT2D eigenvalue weighted by molar-refractivity contribution is 6.07. The van der Waals surface area contributed by atoms with Crippen molar-refractivity contribution in [3.63, 3.8) is 0 Å². The first-order chi connectivity index (χ1) is 12.4. The van der Waals surface area contributed by atoms with Crippen molar-refractivity contribution in [3.8, 4) is 0 Å². The predicted molar refractivity (Wildman–Crippen MR) is 103 cm³/mol. The minimum absolute atomic E-state index is 0.109. The number of hydrogen-bond donors (Lipinski definition) is 1. The Morgan fingerprint density at radius 3 is 2.77 bits per heavy atom. The zero-order valence-electron chi connectivity index (χ0n) is 16.2. The molecule has 0 radical (unpaired) electrons. The zero-order chi connectivity index (χ0) is 18.8. The molecule has 2 atom stereocenters. The van der Waals surface area contributed by atoms with Gasteiger partial charge in [0.15, 0.2) is 0 Å². The minimum Gasteiger partial charge on any atom is -0.378 e. The third kappa shape index (κ3) is 3.56. The predicted octanol–water partition coefficient (Wildman–Crippen LogP) is 2.65. The number of pyridine rings is 1. The van der Waals surface area contributed by atoms with Crippen LogP contribution < -0.4 is 10.9 Å². The number of amides is 1. The average Bonchev–Trinajstić information content (AvgIpc) is 3.17. The van der Waals surface area contributed by atoms with Crippen LogP contribution in [0, 0.1) is 6.92 Å². The summed E-state index contributed by atoms with van der Waals surface area (Å²) >= 11 is 0. The van der Waals surface area contributed by atoms with Gasteiger partial charge in [0.05, 0.1) is 22.6 Å². The van der Waals surface area contributed by atoms with Crippen LogP contribution >= 0.6 is 0 Å². The van der Waals surface area contributed by atoms with Crippen molar-refractivity contribution in [2.24, 2.45) is 14.1 Å². The molecule has 3 rings (SSSR count). The number of nitrogens with one attached hydrogen (secondary N) is 1. The second-order valence-electron chi connectivity index (χ2n) is 7.44. The van der Waals surface area contributed by atoms with E-state index < -0.39 is 0 Å². The summed E-state index contributed by atoms with van der Waals surface area (Å²) in [5.74, 6) is -0.169. The lowest BCUT2D eigenvalue weighted by Crippen LogP contribution is -2.34. The molecule has 0 bridgehead atoms. The van der Waals surface area contributed by atoms with Crippen LogP contribution in [0.5, 0.6) is 0 Å². The van der Waals surface area contributed by atoms with Crippen LogP contribution in [0.25, 0.3) is 10.9 Å². The molecule has 142 valence electrons. The summed E-state index contributed by atoms with van der Waals surface area (Å²) in [6, 6.07) is 0.109. The SMILES string of the molecule is CCCCO[C@H]1CCC(NC(=O)c2cn(C)c3c(C)cn(C)c(=O)c23)C1. The van der Waals surface area contributed by atoms with E-state index in [1.54, 1.807) is 17.8 Å². The largest absolute Gasteiger partial charge is 0.378 e. The molecule has 1 aliphatic rings. The van der Waals surface area contributed by atoms with Crippen LogP contribution in [0.1, 0.15) is 54.9 Å². The van der Waals surface area contributed by atoms with Crippen molar-refractivity contribution in [1.29, 1.82) is 0 Å². The number of hydrogen-bond acceptors (Lipinski definition) is 3. The summed E-state index contributed by atoms with van der Waals surface area (Å²) in [6.07, 6.45) is 8.75. The molecule has 1 N–H and O–H groups in total. The first kappa shape index (κ1) is 18.7. The molecule has 2 aromatic heterocycles. The summed E-state index contributed by atoms with van der Waals surface area (Å²) in [5, 5.41) is 3.61. The third-order valence-electron chi connectivity index (χ3n) is 5.29. The Labute approximate surface area is 154 Å². The molecule has 0 spiro atoms. The molecular weight excluding hydrogens is 330 g/mol. The Balaban J connectivity index is 1.76. The van der Waals surface area contributed by atoms with E-state index in [-0.39, 0.29) is 23.6 Å². The number of rotatable bonds is 6. The summed E-state index contributed by atoms with van der Waals surface area (Å²) in [4.78, 5) is 25.5. The Bertz CT molecular complexity index is 865. The second-order valence-corrected chi connectivity index (χ2v) is 7.44. The van der Waals surface area contributed by atoms with E-state index >= 15 is 0 Å². The first-order valence-electron chi connectivity index (χ1n) is 9.50. The van der Waals surface area contributed by atoms with Crippen LogP contribution in [0.2, 0.25) is 0 Å². The normalized spacial score (nSPS) is 20.0. The molecule has 0 aromatic carbocycles. The summed E-state index contributed by atoms with van der Waals surface area (Å²) in [5.41, 5.74) is 2.13. The topological polar surface area (TPSA) is 65.3 Å². The summed E-state index contributed by atoms with van der Waals surface area (Å²) < 4.78 is 9.29. The molecule has 0 aliphatic heterocycles. The Morgan fingerprint density at radius 1 is 1.27 bits per heavy atom. The van der Waals surface area contributed by atoms with Gasteiger partial charge in [0.1, 0.15) is 0 Å². The third-order valence-corrected chi connectivity index (χ3v) is 5.29. The highest BCUT2D eigenvalue weighted by atomic mass is 16.5. The van der Waals surface area contributed by atoms with Crippen LogP contribution in [-0.4, -0.2) is 33.8 Å². The molecule has 1 aliphatic carbocycles. The van der Waals surface area contributed by atoms with Gasteiger partial charge < -0.3 is 19.2 Å². The first-order valence-corrected chi connectivity index (χ1v) is 9.50. The highest BCUT2D eigenvalue weighted by Gasteiger charge is 2.28. The van der Waals surface area contributed by atoms with Gasteiger partial charge in [-0.15, -0.1) is 0 Å². The Hall–Kier alpha value is -2.08. The highest BCUT2D eigenvalue weighted by Crippen LogP contribution is 2.24. The second kappa shape index (κ2) is 7.66. The monoisotopic (exact) mass is 359 g/mol. The van der Waals surface area contributed by atoms with E-state index in [1.807, 2.05) is 24.7 Å². The van der Waals surface area contributed by atoms with Crippen LogP contribution in [0.4, 0.5) is 0 Å². The fraction of sp³-hybridized carbons (Fsp3) is 0.600. The van der Waals surface area contributed by atoms with Gasteiger partial charge in [-0.1, -0.05) is 13.3 Å². The Kier molecular flexibility index (Phi) is 5.51. The smallest absolute Gasteiger partial charge is 0.260 e. The molecule has 6 heteroatoms. The van der Waals surface area contributed by atoms with E-state index in [1.165, 1.54) is 0 Å². The van der Waals surface area contributed by atoms with E-state index in [4.69, 9.17) is 4.74 Å². The standard InChI is InChI=1S/C20H29N3O3/c1-5-6-9-26-15-8-7-14(10-15)21-19(24)16-12-22(3)18-13(2)11-23(4)20(25)17(16)18/h11-12,14-15H,5-10H2,1-4H3,(H,21,24)/t14?,15-/m0/s1. The van der Waals surface area contributed by atoms with Gasteiger partial charge in [-0.2, -0.15) is 0 Å². The molecule has 26 heavy (non-hydrogen) atoms. The van der Waals surface area contributed by atoms with Gasteiger partial charge in [-0.3, -0.25) is 9.59 Å². The fourth-order valence-electron chi connectivity index (χ4n) is 3.96. The summed E-state index contributed by atoms with van der Waals surface area (Å²) in [6.45, 7) is 4.90. The van der Waals surface area contributed by atoms with Crippen molar-refractivity contribution in [1.82, 2.24) is 14.5 Å². The van der Waals surface area contributed by atoms with Crippen molar-refractivity contribution < 1.29 is 9.53 Å². The number of aryl methyl sites for hydroxylation is 3. The quantitative estimate of drug-likeness (QED) is 0.807. The van der Waals surface area contributed by atoms with Crippen LogP contribution in [0.3, 0.4) is 0 Å². The molecule has 1 amide bonds. The molecule has 1 saturated carbocycles. The lowest BCUT2D eigenvalue weighted by Gasteiger charge is -2.14. The van der Waals surface area contributed by atoms with Crippen molar-refractivity contribution in [2.75, 3.05) is 6.61 Å². The average molecular weight is 359 g/mol. The molecule has 0 saturated heterocycles. The molecule has 6 nitrogen and oxygen atoms in total. The lowest BCUT2D eigenvalue weighted by atomic mass is 10.1. The molecule has 2 heterocycles. The van der Waals surface area contributed by atoms with Gasteiger partial charge in [0.25, 0.3) is 11.5 Å². The number of fused-ring (bicyclic) bond motifs is 1. The van der Waals surface area contributed by atoms with E-state index in [0.717, 1.165) is 49.8 Å². The van der Waals surface area contributed by atoms with Crippen molar-refractivity contribution >= 4 is 16.8 Å². The van der Waals surface area contributed by atoms with Gasteiger partial charge in [-0.25, -0.2) is 0 Å². The molecule has 2 aromatic rings. The summed E-state index contributed by atoms with van der Waals surface area (Å²) in [7, 11) is 3.59. The minimum atomic E-state index is -0.169. The van der Waals surface area contributed by atoms with Crippen LogP contribution in [-0.2, 0) is 18.8 Å². The number of nitrogens with zero attached hydrogens (tertiary/aromatic N) is 2. The van der Waals surface area contributed by atoms with Gasteiger partial charge in [0.2, 0.25) is 0 Å².